The highest BCUT2D eigenvalue weighted by molar-refractivity contribution is 5.92. The van der Waals surface area contributed by atoms with Crippen LogP contribution in [0.4, 0.5) is 5.69 Å². The van der Waals surface area contributed by atoms with Crippen molar-refractivity contribution in [1.82, 2.24) is 10.2 Å². The zero-order valence-corrected chi connectivity index (χ0v) is 15.6. The van der Waals surface area contributed by atoms with Gasteiger partial charge in [-0.25, -0.2) is 0 Å². The molecule has 0 fully saturated rings. The van der Waals surface area contributed by atoms with Gasteiger partial charge in [0.1, 0.15) is 0 Å². The molecule has 8 heteroatoms. The van der Waals surface area contributed by atoms with Crippen molar-refractivity contribution in [1.29, 1.82) is 0 Å². The van der Waals surface area contributed by atoms with E-state index >= 15 is 0 Å². The Labute approximate surface area is 162 Å². The van der Waals surface area contributed by atoms with Crippen LogP contribution in [0.1, 0.15) is 17.2 Å². The second-order valence-electron chi connectivity index (χ2n) is 6.59. The fourth-order valence-corrected chi connectivity index (χ4v) is 2.91. The molecule has 146 valence electrons. The Kier molecular flexibility index (Phi) is 5.90. The monoisotopic (exact) mass is 383 g/mol. The third-order valence-corrected chi connectivity index (χ3v) is 4.20. The fourth-order valence-electron chi connectivity index (χ4n) is 2.91. The van der Waals surface area contributed by atoms with Gasteiger partial charge >= 0.3 is 0 Å². The van der Waals surface area contributed by atoms with Crippen LogP contribution in [-0.2, 0) is 4.79 Å². The highest BCUT2D eigenvalue weighted by Gasteiger charge is 2.22. The smallest absolute Gasteiger partial charge is 0.280 e. The number of carbonyl (C=O) groups is 1. The first kappa shape index (κ1) is 19.4. The SMILES string of the molecule is CN(C)CC(NC(=O)/C=C/c1cc2c(cc1[N+](=O)[O-])OCO2)c1ccccc1. The van der Waals surface area contributed by atoms with Crippen molar-refractivity contribution in [2.24, 2.45) is 0 Å². The lowest BCUT2D eigenvalue weighted by Crippen LogP contribution is -2.34. The lowest BCUT2D eigenvalue weighted by Gasteiger charge is -2.22. The number of likely N-dealkylation sites (N-methyl/N-ethyl adjacent to an activating group) is 1. The highest BCUT2D eigenvalue weighted by Crippen LogP contribution is 2.38. The maximum Gasteiger partial charge on any atom is 0.280 e. The van der Waals surface area contributed by atoms with E-state index in [1.165, 1.54) is 24.3 Å². The first-order valence-electron chi connectivity index (χ1n) is 8.70. The minimum absolute atomic E-state index is 0.0173. The number of nitrogens with one attached hydrogen (secondary N) is 1. The quantitative estimate of drug-likeness (QED) is 0.449. The second-order valence-corrected chi connectivity index (χ2v) is 6.59. The molecule has 0 aromatic heterocycles. The van der Waals surface area contributed by atoms with Crippen LogP contribution in [0.3, 0.4) is 0 Å². The average Bonchev–Trinajstić information content (AvgIpc) is 3.12. The van der Waals surface area contributed by atoms with Crippen molar-refractivity contribution in [3.8, 4) is 11.5 Å². The molecular weight excluding hydrogens is 362 g/mol. The second kappa shape index (κ2) is 8.53. The number of rotatable bonds is 7. The standard InChI is InChI=1S/C20H21N3O5/c1-22(2)12-16(14-6-4-3-5-7-14)21-20(24)9-8-15-10-18-19(28-13-27-18)11-17(15)23(25)26/h3-11,16H,12-13H2,1-2H3,(H,21,24)/b9-8+. The average molecular weight is 383 g/mol. The molecule has 0 aliphatic carbocycles. The number of ether oxygens (including phenoxy) is 2. The summed E-state index contributed by atoms with van der Waals surface area (Å²) in [6, 6.07) is 12.2. The zero-order chi connectivity index (χ0) is 20.1. The number of hydrogen-bond acceptors (Lipinski definition) is 6. The van der Waals surface area contributed by atoms with Crippen LogP contribution in [0.15, 0.2) is 48.5 Å². The Balaban J connectivity index is 1.78. The van der Waals surface area contributed by atoms with Gasteiger partial charge in [-0.3, -0.25) is 14.9 Å². The largest absolute Gasteiger partial charge is 0.454 e. The lowest BCUT2D eigenvalue weighted by atomic mass is 10.1. The lowest BCUT2D eigenvalue weighted by molar-refractivity contribution is -0.385. The third-order valence-electron chi connectivity index (χ3n) is 4.20. The number of nitro groups is 1. The molecule has 1 unspecified atom stereocenters. The molecule has 0 radical (unpaired) electrons. The fraction of sp³-hybridized carbons (Fsp3) is 0.250. The van der Waals surface area contributed by atoms with E-state index in [0.29, 0.717) is 18.0 Å². The van der Waals surface area contributed by atoms with Gasteiger partial charge in [0.05, 0.1) is 22.6 Å². The number of fused-ring (bicyclic) bond motifs is 1. The van der Waals surface area contributed by atoms with Gasteiger partial charge < -0.3 is 19.7 Å². The molecule has 2 aromatic carbocycles. The summed E-state index contributed by atoms with van der Waals surface area (Å²) < 4.78 is 10.4. The van der Waals surface area contributed by atoms with Crippen LogP contribution in [0.5, 0.6) is 11.5 Å². The van der Waals surface area contributed by atoms with Gasteiger partial charge in [0.25, 0.3) is 5.69 Å². The van der Waals surface area contributed by atoms with Gasteiger partial charge in [0, 0.05) is 12.6 Å². The molecule has 3 rings (SSSR count). The Morgan fingerprint density at radius 2 is 1.93 bits per heavy atom. The van der Waals surface area contributed by atoms with Crippen molar-refractivity contribution < 1.29 is 19.2 Å². The predicted octanol–water partition coefficient (Wildman–Crippen LogP) is 2.76. The summed E-state index contributed by atoms with van der Waals surface area (Å²) >= 11 is 0. The molecule has 8 nitrogen and oxygen atoms in total. The van der Waals surface area contributed by atoms with E-state index in [2.05, 4.69) is 5.32 Å². The molecule has 0 spiro atoms. The molecule has 1 aliphatic rings. The zero-order valence-electron chi connectivity index (χ0n) is 15.6. The van der Waals surface area contributed by atoms with Crippen molar-refractivity contribution >= 4 is 17.7 Å². The van der Waals surface area contributed by atoms with Gasteiger partial charge in [-0.05, 0) is 31.8 Å². The molecule has 1 atom stereocenters. The summed E-state index contributed by atoms with van der Waals surface area (Å²) in [4.78, 5) is 25.2. The minimum atomic E-state index is -0.516. The van der Waals surface area contributed by atoms with Gasteiger partial charge in [-0.15, -0.1) is 0 Å². The number of benzene rings is 2. The van der Waals surface area contributed by atoms with Crippen molar-refractivity contribution in [3.63, 3.8) is 0 Å². The number of nitro benzene ring substituents is 1. The molecule has 0 saturated carbocycles. The van der Waals surface area contributed by atoms with Gasteiger partial charge in [-0.2, -0.15) is 0 Å². The van der Waals surface area contributed by atoms with E-state index in [0.717, 1.165) is 5.56 Å². The summed E-state index contributed by atoms with van der Waals surface area (Å²) in [7, 11) is 3.85. The topological polar surface area (TPSA) is 93.9 Å². The van der Waals surface area contributed by atoms with Gasteiger partial charge in [0.2, 0.25) is 12.7 Å². The molecule has 1 heterocycles. The highest BCUT2D eigenvalue weighted by atomic mass is 16.7. The molecule has 1 amide bonds. The Hall–Kier alpha value is -3.39. The van der Waals surface area contributed by atoms with Gasteiger partial charge in [-0.1, -0.05) is 30.3 Å². The van der Waals surface area contributed by atoms with E-state index in [1.54, 1.807) is 0 Å². The number of carbonyl (C=O) groups excluding carboxylic acids is 1. The van der Waals surface area contributed by atoms with Crippen LogP contribution in [0.25, 0.3) is 6.08 Å². The van der Waals surface area contributed by atoms with E-state index in [1.807, 2.05) is 49.3 Å². The third kappa shape index (κ3) is 4.66. The van der Waals surface area contributed by atoms with E-state index < -0.39 is 4.92 Å². The summed E-state index contributed by atoms with van der Waals surface area (Å²) in [5.74, 6) is 0.395. The van der Waals surface area contributed by atoms with E-state index in [-0.39, 0.29) is 30.0 Å². The van der Waals surface area contributed by atoms with Crippen LogP contribution in [-0.4, -0.2) is 43.2 Å². The number of hydrogen-bond donors (Lipinski definition) is 1. The van der Waals surface area contributed by atoms with Crippen LogP contribution >= 0.6 is 0 Å². The number of amides is 1. The van der Waals surface area contributed by atoms with Crippen LogP contribution in [0.2, 0.25) is 0 Å². The minimum Gasteiger partial charge on any atom is -0.454 e. The summed E-state index contributed by atoms with van der Waals surface area (Å²) in [5.41, 5.74) is 1.10. The summed E-state index contributed by atoms with van der Waals surface area (Å²) in [6.45, 7) is 0.636. The molecular formula is C20H21N3O5. The van der Waals surface area contributed by atoms with E-state index in [9.17, 15) is 14.9 Å². The normalized spacial score (nSPS) is 13.7. The molecule has 0 saturated heterocycles. The van der Waals surface area contributed by atoms with E-state index in [4.69, 9.17) is 9.47 Å². The predicted molar refractivity (Wildman–Crippen MR) is 104 cm³/mol. The van der Waals surface area contributed by atoms with Gasteiger partial charge in [0.15, 0.2) is 11.5 Å². The van der Waals surface area contributed by atoms with Crippen molar-refractivity contribution in [3.05, 3.63) is 69.8 Å². The van der Waals surface area contributed by atoms with Crippen molar-refractivity contribution in [2.45, 2.75) is 6.04 Å². The first-order valence-corrected chi connectivity index (χ1v) is 8.70. The maximum absolute atomic E-state index is 12.5. The first-order chi connectivity index (χ1) is 13.4. The molecule has 0 bridgehead atoms. The molecule has 28 heavy (non-hydrogen) atoms. The van der Waals surface area contributed by atoms with Crippen LogP contribution in [0, 0.1) is 10.1 Å². The van der Waals surface area contributed by atoms with Crippen LogP contribution < -0.4 is 14.8 Å². The number of nitrogens with zero attached hydrogens (tertiary/aromatic N) is 2. The molecule has 1 aliphatic heterocycles. The Morgan fingerprint density at radius 3 is 2.57 bits per heavy atom. The molecule has 1 N–H and O–H groups in total. The Bertz CT molecular complexity index is 896. The molecule has 2 aromatic rings. The summed E-state index contributed by atoms with van der Waals surface area (Å²) in [6.07, 6.45) is 2.70. The summed E-state index contributed by atoms with van der Waals surface area (Å²) in [5, 5.41) is 14.3. The Morgan fingerprint density at radius 1 is 1.25 bits per heavy atom. The van der Waals surface area contributed by atoms with Crippen molar-refractivity contribution in [2.75, 3.05) is 27.4 Å². The maximum atomic E-state index is 12.5.